The van der Waals surface area contributed by atoms with Crippen LogP contribution in [0.5, 0.6) is 0 Å². The largest absolute Gasteiger partial charge is 0.377 e. The van der Waals surface area contributed by atoms with Crippen LogP contribution in [0.15, 0.2) is 49.1 Å². The van der Waals surface area contributed by atoms with E-state index in [2.05, 4.69) is 26.8 Å². The minimum absolute atomic E-state index is 0.169. The predicted octanol–water partition coefficient (Wildman–Crippen LogP) is 4.25. The topological polar surface area (TPSA) is 97.6 Å². The molecule has 36 heavy (non-hydrogen) atoms. The SMILES string of the molecule is Cc1nn(-c2cncc(F)c2)c(C)c1-c1cc(N2CCOC[C@H]2C)nc(-c2ccnc3[nH]ccc23)n1. The van der Waals surface area contributed by atoms with Gasteiger partial charge in [0.2, 0.25) is 0 Å². The van der Waals surface area contributed by atoms with Crippen LogP contribution in [-0.4, -0.2) is 60.5 Å². The number of rotatable bonds is 4. The van der Waals surface area contributed by atoms with Crippen molar-refractivity contribution in [3.05, 3.63) is 66.3 Å². The van der Waals surface area contributed by atoms with Crippen molar-refractivity contribution >= 4 is 16.9 Å². The summed E-state index contributed by atoms with van der Waals surface area (Å²) >= 11 is 0. The molecular formula is C26H25FN8O. The quantitative estimate of drug-likeness (QED) is 0.407. The Morgan fingerprint density at radius 3 is 2.86 bits per heavy atom. The van der Waals surface area contributed by atoms with Gasteiger partial charge in [-0.3, -0.25) is 4.98 Å². The van der Waals surface area contributed by atoms with Gasteiger partial charge in [0.05, 0.1) is 54.4 Å². The lowest BCUT2D eigenvalue weighted by Crippen LogP contribution is -2.44. The summed E-state index contributed by atoms with van der Waals surface area (Å²) in [5.74, 6) is 1.01. The number of aromatic amines is 1. The maximum atomic E-state index is 13.9. The Balaban J connectivity index is 1.56. The van der Waals surface area contributed by atoms with Gasteiger partial charge in [0.1, 0.15) is 17.3 Å². The van der Waals surface area contributed by atoms with Crippen LogP contribution in [0.1, 0.15) is 18.3 Å². The summed E-state index contributed by atoms with van der Waals surface area (Å²) in [4.78, 5) is 23.8. The van der Waals surface area contributed by atoms with E-state index in [9.17, 15) is 4.39 Å². The second kappa shape index (κ2) is 8.80. The van der Waals surface area contributed by atoms with Gasteiger partial charge >= 0.3 is 0 Å². The van der Waals surface area contributed by atoms with E-state index < -0.39 is 5.82 Å². The molecule has 0 spiro atoms. The van der Waals surface area contributed by atoms with Crippen molar-refractivity contribution in [1.29, 1.82) is 0 Å². The van der Waals surface area contributed by atoms with Crippen LogP contribution in [0.4, 0.5) is 10.2 Å². The number of nitrogens with zero attached hydrogens (tertiary/aromatic N) is 7. The van der Waals surface area contributed by atoms with E-state index in [-0.39, 0.29) is 6.04 Å². The zero-order valence-electron chi connectivity index (χ0n) is 20.2. The highest BCUT2D eigenvalue weighted by atomic mass is 19.1. The summed E-state index contributed by atoms with van der Waals surface area (Å²) in [7, 11) is 0. The predicted molar refractivity (Wildman–Crippen MR) is 135 cm³/mol. The summed E-state index contributed by atoms with van der Waals surface area (Å²) in [6.45, 7) is 8.02. The highest BCUT2D eigenvalue weighted by Crippen LogP contribution is 2.33. The highest BCUT2D eigenvalue weighted by molar-refractivity contribution is 5.91. The third-order valence-corrected chi connectivity index (χ3v) is 6.56. The van der Waals surface area contributed by atoms with Crippen LogP contribution in [0.2, 0.25) is 0 Å². The van der Waals surface area contributed by atoms with Crippen molar-refractivity contribution in [3.8, 4) is 28.3 Å². The first kappa shape index (κ1) is 22.3. The van der Waals surface area contributed by atoms with Gasteiger partial charge in [-0.1, -0.05) is 0 Å². The van der Waals surface area contributed by atoms with Crippen LogP contribution >= 0.6 is 0 Å². The first-order valence-corrected chi connectivity index (χ1v) is 11.8. The van der Waals surface area contributed by atoms with Gasteiger partial charge in [-0.05, 0) is 32.9 Å². The van der Waals surface area contributed by atoms with Gasteiger partial charge in [-0.2, -0.15) is 5.10 Å². The van der Waals surface area contributed by atoms with Crippen LogP contribution < -0.4 is 4.90 Å². The summed E-state index contributed by atoms with van der Waals surface area (Å²) in [6.07, 6.45) is 6.39. The fourth-order valence-electron chi connectivity index (χ4n) is 4.83. The maximum Gasteiger partial charge on any atom is 0.162 e. The molecule has 9 nitrogen and oxygen atoms in total. The molecule has 1 saturated heterocycles. The monoisotopic (exact) mass is 484 g/mol. The van der Waals surface area contributed by atoms with Crippen molar-refractivity contribution in [2.75, 3.05) is 24.7 Å². The van der Waals surface area contributed by atoms with E-state index in [4.69, 9.17) is 19.8 Å². The molecule has 0 bridgehead atoms. The number of fused-ring (bicyclic) bond motifs is 1. The van der Waals surface area contributed by atoms with E-state index in [1.54, 1.807) is 17.1 Å². The second-order valence-corrected chi connectivity index (χ2v) is 8.97. The number of hydrogen-bond acceptors (Lipinski definition) is 7. The molecule has 1 atom stereocenters. The average Bonchev–Trinajstić information content (AvgIpc) is 3.48. The molecule has 1 aliphatic rings. The zero-order valence-corrected chi connectivity index (χ0v) is 20.2. The molecule has 182 valence electrons. The molecule has 1 aliphatic heterocycles. The van der Waals surface area contributed by atoms with E-state index in [1.807, 2.05) is 38.2 Å². The smallest absolute Gasteiger partial charge is 0.162 e. The van der Waals surface area contributed by atoms with Gasteiger partial charge in [0.15, 0.2) is 5.82 Å². The summed E-state index contributed by atoms with van der Waals surface area (Å²) in [5, 5.41) is 5.65. The maximum absolute atomic E-state index is 13.9. The lowest BCUT2D eigenvalue weighted by atomic mass is 10.1. The Morgan fingerprint density at radius 2 is 2.03 bits per heavy atom. The van der Waals surface area contributed by atoms with Crippen molar-refractivity contribution in [3.63, 3.8) is 0 Å². The van der Waals surface area contributed by atoms with Crippen LogP contribution in [-0.2, 0) is 4.74 Å². The second-order valence-electron chi connectivity index (χ2n) is 8.97. The average molecular weight is 485 g/mol. The van der Waals surface area contributed by atoms with Crippen LogP contribution in [0.3, 0.4) is 0 Å². The first-order valence-electron chi connectivity index (χ1n) is 11.8. The number of morpholine rings is 1. The zero-order chi connectivity index (χ0) is 24.8. The molecule has 0 aromatic carbocycles. The number of H-pyrrole nitrogens is 1. The number of anilines is 1. The Bertz CT molecular complexity index is 1580. The van der Waals surface area contributed by atoms with Gasteiger partial charge in [-0.25, -0.2) is 24.0 Å². The summed E-state index contributed by atoms with van der Waals surface area (Å²) in [5.41, 5.74) is 5.48. The minimum Gasteiger partial charge on any atom is -0.377 e. The first-order chi connectivity index (χ1) is 17.5. The molecule has 5 aromatic heterocycles. The van der Waals surface area contributed by atoms with E-state index in [0.717, 1.165) is 51.6 Å². The Hall–Kier alpha value is -4.18. The molecule has 5 aromatic rings. The lowest BCUT2D eigenvalue weighted by Gasteiger charge is -2.34. The third kappa shape index (κ3) is 3.79. The molecule has 0 amide bonds. The van der Waals surface area contributed by atoms with Gasteiger partial charge in [0.25, 0.3) is 0 Å². The Morgan fingerprint density at radius 1 is 1.14 bits per heavy atom. The number of ether oxygens (including phenoxy) is 1. The van der Waals surface area contributed by atoms with E-state index in [1.165, 1.54) is 12.3 Å². The molecule has 1 N–H and O–H groups in total. The van der Waals surface area contributed by atoms with E-state index >= 15 is 0 Å². The van der Waals surface area contributed by atoms with Crippen molar-refractivity contribution in [2.24, 2.45) is 0 Å². The van der Waals surface area contributed by atoms with Crippen LogP contribution in [0, 0.1) is 19.7 Å². The Kier molecular flexibility index (Phi) is 5.45. The summed E-state index contributed by atoms with van der Waals surface area (Å²) in [6, 6.07) is 7.51. The number of halogens is 1. The molecule has 0 saturated carbocycles. The minimum atomic E-state index is -0.414. The molecule has 0 aliphatic carbocycles. The van der Waals surface area contributed by atoms with Crippen LogP contribution in [0.25, 0.3) is 39.4 Å². The normalized spacial score (nSPS) is 16.1. The molecule has 1 fully saturated rings. The van der Waals surface area contributed by atoms with Gasteiger partial charge in [-0.15, -0.1) is 0 Å². The molecule has 6 rings (SSSR count). The number of hydrogen-bond donors (Lipinski definition) is 1. The highest BCUT2D eigenvalue weighted by Gasteiger charge is 2.25. The molecule has 0 radical (unpaired) electrons. The van der Waals surface area contributed by atoms with Crippen molar-refractivity contribution < 1.29 is 9.13 Å². The molecule has 10 heteroatoms. The molecule has 0 unspecified atom stereocenters. The number of aryl methyl sites for hydroxylation is 1. The Labute approximate surface area is 207 Å². The van der Waals surface area contributed by atoms with Crippen molar-refractivity contribution in [1.82, 2.24) is 34.7 Å². The summed E-state index contributed by atoms with van der Waals surface area (Å²) < 4.78 is 21.3. The number of pyridine rings is 2. The lowest BCUT2D eigenvalue weighted by molar-refractivity contribution is 0.0985. The van der Waals surface area contributed by atoms with E-state index in [0.29, 0.717) is 24.7 Å². The fourth-order valence-corrected chi connectivity index (χ4v) is 4.83. The fraction of sp³-hybridized carbons (Fsp3) is 0.269. The van der Waals surface area contributed by atoms with Crippen molar-refractivity contribution in [2.45, 2.75) is 26.8 Å². The third-order valence-electron chi connectivity index (χ3n) is 6.56. The van der Waals surface area contributed by atoms with Gasteiger partial charge < -0.3 is 14.6 Å². The standard InChI is InChI=1S/C26H25FN8O/c1-15-14-36-9-8-34(15)23-11-22(31-26(32-23)21-5-7-30-25-20(21)4-6-29-25)24-16(2)33-35(17(24)3)19-10-18(27)12-28-13-19/h4-7,10-13,15H,8-9,14H2,1-3H3,(H,29,30)/t15-/m1/s1. The van der Waals surface area contributed by atoms with Gasteiger partial charge in [0, 0.05) is 47.6 Å². The number of nitrogens with one attached hydrogen (secondary N) is 1. The molecule has 6 heterocycles. The number of aromatic nitrogens is 7. The molecular weight excluding hydrogens is 459 g/mol.